The van der Waals surface area contributed by atoms with Gasteiger partial charge in [0, 0.05) is 37.6 Å². The molecule has 1 N–H and O–H groups in total. The van der Waals surface area contributed by atoms with Crippen molar-refractivity contribution in [1.82, 2.24) is 19.9 Å². The number of nitrogens with zero attached hydrogens (tertiary/aromatic N) is 4. The van der Waals surface area contributed by atoms with Gasteiger partial charge in [-0.05, 0) is 43.4 Å². The van der Waals surface area contributed by atoms with E-state index in [2.05, 4.69) is 39.5 Å². The van der Waals surface area contributed by atoms with E-state index in [-0.39, 0.29) is 11.8 Å². The van der Waals surface area contributed by atoms with Crippen molar-refractivity contribution in [2.45, 2.75) is 25.7 Å². The Morgan fingerprint density at radius 3 is 2.79 bits per heavy atom. The molecule has 1 aliphatic heterocycles. The molecule has 1 amide bonds. The highest BCUT2D eigenvalue weighted by Gasteiger charge is 2.27. The quantitative estimate of drug-likeness (QED) is 0.383. The molecule has 3 heterocycles. The molecule has 1 aliphatic rings. The summed E-state index contributed by atoms with van der Waals surface area (Å²) >= 11 is 6.40. The summed E-state index contributed by atoms with van der Waals surface area (Å²) in [4.78, 5) is 19.8. The van der Waals surface area contributed by atoms with Gasteiger partial charge in [0.15, 0.2) is 5.82 Å². The maximum absolute atomic E-state index is 12.9. The Kier molecular flexibility index (Phi) is 6.77. The Labute approximate surface area is 204 Å². The molecule has 1 fully saturated rings. The summed E-state index contributed by atoms with van der Waals surface area (Å²) < 4.78 is 1.84. The maximum Gasteiger partial charge on any atom is 0.224 e. The standard InChI is InChI=1S/C27H28ClN5O/c28-23-13-5-4-12-22(23)24-18-25-26(29-15-17-33(25)31-24)32-16-7-11-21(19-32)27(34)30-14-6-10-20-8-2-1-3-9-20/h1-5,8-9,12-13,15,17-18,21H,6-7,10-11,14,16,19H2,(H,30,34)/t21-/m0/s1. The number of benzene rings is 2. The number of halogens is 1. The SMILES string of the molecule is O=C(NCCCc1ccccc1)[C@H]1CCCN(c2nccn3nc(-c4ccccc4Cl)cc23)C1. The molecule has 34 heavy (non-hydrogen) atoms. The second-order valence-corrected chi connectivity index (χ2v) is 9.16. The van der Waals surface area contributed by atoms with Crippen LogP contribution in [0.5, 0.6) is 0 Å². The Morgan fingerprint density at radius 1 is 1.12 bits per heavy atom. The van der Waals surface area contributed by atoms with E-state index in [1.165, 1.54) is 5.56 Å². The molecule has 0 bridgehead atoms. The van der Waals surface area contributed by atoms with Crippen LogP contribution in [0.2, 0.25) is 5.02 Å². The summed E-state index contributed by atoms with van der Waals surface area (Å²) in [6.45, 7) is 2.22. The molecular weight excluding hydrogens is 446 g/mol. The highest BCUT2D eigenvalue weighted by molar-refractivity contribution is 6.33. The average Bonchev–Trinajstić information content (AvgIpc) is 3.32. The summed E-state index contributed by atoms with van der Waals surface area (Å²) in [7, 11) is 0. The maximum atomic E-state index is 12.9. The first-order valence-corrected chi connectivity index (χ1v) is 12.2. The van der Waals surface area contributed by atoms with Crippen LogP contribution in [0.4, 0.5) is 5.82 Å². The van der Waals surface area contributed by atoms with Gasteiger partial charge in [-0.25, -0.2) is 9.50 Å². The smallest absolute Gasteiger partial charge is 0.224 e. The van der Waals surface area contributed by atoms with Gasteiger partial charge in [-0.2, -0.15) is 5.10 Å². The first-order valence-electron chi connectivity index (χ1n) is 11.8. The van der Waals surface area contributed by atoms with Gasteiger partial charge in [0.2, 0.25) is 5.91 Å². The largest absolute Gasteiger partial charge is 0.356 e. The molecule has 2 aromatic heterocycles. The Bertz CT molecular complexity index is 1270. The average molecular weight is 474 g/mol. The second-order valence-electron chi connectivity index (χ2n) is 8.76. The molecule has 174 valence electrons. The van der Waals surface area contributed by atoms with Gasteiger partial charge in [0.25, 0.3) is 0 Å². The molecule has 6 nitrogen and oxygen atoms in total. The van der Waals surface area contributed by atoms with E-state index in [0.29, 0.717) is 18.1 Å². The zero-order valence-electron chi connectivity index (χ0n) is 19.0. The third kappa shape index (κ3) is 4.92. The third-order valence-corrected chi connectivity index (χ3v) is 6.72. The van der Waals surface area contributed by atoms with Crippen LogP contribution in [0.25, 0.3) is 16.8 Å². The summed E-state index contributed by atoms with van der Waals surface area (Å²) in [6.07, 6.45) is 7.37. The fourth-order valence-corrected chi connectivity index (χ4v) is 4.86. The zero-order chi connectivity index (χ0) is 23.3. The zero-order valence-corrected chi connectivity index (χ0v) is 19.8. The first kappa shape index (κ1) is 22.4. The fraction of sp³-hybridized carbons (Fsp3) is 0.296. The van der Waals surface area contributed by atoms with E-state index < -0.39 is 0 Å². The molecule has 0 radical (unpaired) electrons. The number of hydrogen-bond donors (Lipinski definition) is 1. The molecule has 7 heteroatoms. The third-order valence-electron chi connectivity index (χ3n) is 6.40. The number of amides is 1. The van der Waals surface area contributed by atoms with E-state index >= 15 is 0 Å². The topological polar surface area (TPSA) is 62.5 Å². The van der Waals surface area contributed by atoms with E-state index in [1.807, 2.05) is 47.1 Å². The minimum absolute atomic E-state index is 0.0431. The van der Waals surface area contributed by atoms with Crippen molar-refractivity contribution in [3.63, 3.8) is 0 Å². The van der Waals surface area contributed by atoms with Crippen molar-refractivity contribution in [2.24, 2.45) is 5.92 Å². The number of aryl methyl sites for hydroxylation is 1. The van der Waals surface area contributed by atoms with Crippen LogP contribution in [0.1, 0.15) is 24.8 Å². The first-order chi connectivity index (χ1) is 16.7. The number of piperidine rings is 1. The van der Waals surface area contributed by atoms with Crippen LogP contribution in [0, 0.1) is 5.92 Å². The fourth-order valence-electron chi connectivity index (χ4n) is 4.63. The predicted molar refractivity (Wildman–Crippen MR) is 136 cm³/mol. The lowest BCUT2D eigenvalue weighted by Crippen LogP contribution is -2.43. The van der Waals surface area contributed by atoms with Crippen molar-refractivity contribution in [1.29, 1.82) is 0 Å². The molecule has 5 rings (SSSR count). The number of nitrogens with one attached hydrogen (secondary N) is 1. The summed E-state index contributed by atoms with van der Waals surface area (Å²) in [5.41, 5.74) is 3.92. The summed E-state index contributed by atoms with van der Waals surface area (Å²) in [6, 6.07) is 20.1. The van der Waals surface area contributed by atoms with Crippen LogP contribution in [0.3, 0.4) is 0 Å². The van der Waals surface area contributed by atoms with Gasteiger partial charge < -0.3 is 10.2 Å². The molecule has 4 aromatic rings. The molecule has 0 saturated carbocycles. The molecule has 1 saturated heterocycles. The normalized spacial score (nSPS) is 16.0. The lowest BCUT2D eigenvalue weighted by atomic mass is 9.97. The molecule has 1 atom stereocenters. The van der Waals surface area contributed by atoms with E-state index in [1.54, 1.807) is 6.20 Å². The second kappa shape index (κ2) is 10.3. The van der Waals surface area contributed by atoms with Crippen molar-refractivity contribution in [3.05, 3.63) is 83.6 Å². The van der Waals surface area contributed by atoms with E-state index in [9.17, 15) is 4.79 Å². The van der Waals surface area contributed by atoms with Crippen molar-refractivity contribution in [2.75, 3.05) is 24.5 Å². The highest BCUT2D eigenvalue weighted by Crippen LogP contribution is 2.31. The van der Waals surface area contributed by atoms with E-state index in [4.69, 9.17) is 16.7 Å². The van der Waals surface area contributed by atoms with Gasteiger partial charge in [-0.15, -0.1) is 0 Å². The lowest BCUT2D eigenvalue weighted by molar-refractivity contribution is -0.125. The van der Waals surface area contributed by atoms with Gasteiger partial charge >= 0.3 is 0 Å². The van der Waals surface area contributed by atoms with Crippen molar-refractivity contribution in [3.8, 4) is 11.3 Å². The van der Waals surface area contributed by atoms with Crippen LogP contribution >= 0.6 is 11.6 Å². The minimum Gasteiger partial charge on any atom is -0.356 e. The number of carbonyl (C=O) groups is 1. The summed E-state index contributed by atoms with van der Waals surface area (Å²) in [5.74, 6) is 0.948. The van der Waals surface area contributed by atoms with Gasteiger partial charge in [0.1, 0.15) is 5.52 Å². The van der Waals surface area contributed by atoms with Crippen LogP contribution < -0.4 is 10.2 Å². The van der Waals surface area contributed by atoms with Crippen LogP contribution in [-0.4, -0.2) is 40.1 Å². The lowest BCUT2D eigenvalue weighted by Gasteiger charge is -2.33. The molecule has 2 aromatic carbocycles. The number of anilines is 1. The number of hydrogen-bond acceptors (Lipinski definition) is 4. The Hall–Kier alpha value is -3.38. The Balaban J connectivity index is 1.25. The summed E-state index contributed by atoms with van der Waals surface area (Å²) in [5, 5.41) is 8.53. The van der Waals surface area contributed by atoms with Crippen molar-refractivity contribution < 1.29 is 4.79 Å². The monoisotopic (exact) mass is 473 g/mol. The van der Waals surface area contributed by atoms with Gasteiger partial charge in [-0.3, -0.25) is 4.79 Å². The predicted octanol–water partition coefficient (Wildman–Crippen LogP) is 5.02. The molecule has 0 aliphatic carbocycles. The number of fused-ring (bicyclic) bond motifs is 1. The van der Waals surface area contributed by atoms with Crippen molar-refractivity contribution >= 4 is 28.8 Å². The Morgan fingerprint density at radius 2 is 1.94 bits per heavy atom. The molecule has 0 unspecified atom stereocenters. The van der Waals surface area contributed by atoms with E-state index in [0.717, 1.165) is 54.8 Å². The number of carbonyl (C=O) groups excluding carboxylic acids is 1. The van der Waals surface area contributed by atoms with Gasteiger partial charge in [0.05, 0.1) is 16.6 Å². The minimum atomic E-state index is -0.0431. The highest BCUT2D eigenvalue weighted by atomic mass is 35.5. The number of aromatic nitrogens is 3. The molecular formula is C27H28ClN5O. The number of rotatable bonds is 7. The molecule has 0 spiro atoms. The van der Waals surface area contributed by atoms with Crippen LogP contribution in [0.15, 0.2) is 73.1 Å². The van der Waals surface area contributed by atoms with Gasteiger partial charge in [-0.1, -0.05) is 60.1 Å². The van der Waals surface area contributed by atoms with Crippen LogP contribution in [-0.2, 0) is 11.2 Å².